The third-order valence-corrected chi connectivity index (χ3v) is 9.87. The molecule has 3 unspecified atom stereocenters. The lowest BCUT2D eigenvalue weighted by molar-refractivity contribution is 0.0690. The Labute approximate surface area is 250 Å². The van der Waals surface area contributed by atoms with Gasteiger partial charge < -0.3 is 20.2 Å². The highest BCUT2D eigenvalue weighted by molar-refractivity contribution is 5.91. The first-order valence-electron chi connectivity index (χ1n) is 15.1. The molecule has 1 aromatic carbocycles. The van der Waals surface area contributed by atoms with Crippen molar-refractivity contribution >= 4 is 29.0 Å². The minimum absolute atomic E-state index is 0.0503. The second-order valence-electron chi connectivity index (χ2n) is 13.0. The van der Waals surface area contributed by atoms with Gasteiger partial charge in [-0.1, -0.05) is 43.3 Å². The zero-order chi connectivity index (χ0) is 29.8. The lowest BCUT2D eigenvalue weighted by atomic mass is 9.82. The highest BCUT2D eigenvalue weighted by Crippen LogP contribution is 2.46. The van der Waals surface area contributed by atoms with Gasteiger partial charge in [-0.2, -0.15) is 0 Å². The maximum Gasteiger partial charge on any atom is 0.354 e. The number of fused-ring (bicyclic) bond motifs is 1. The number of pyridine rings is 2. The molecule has 1 saturated carbocycles. The number of hydrogen-bond acceptors (Lipinski definition) is 7. The smallest absolute Gasteiger partial charge is 0.354 e. The molecular weight excluding hydrogens is 542 g/mol. The van der Waals surface area contributed by atoms with E-state index in [2.05, 4.69) is 73.5 Å². The molecule has 3 atom stereocenters. The van der Waals surface area contributed by atoms with Crippen LogP contribution < -0.4 is 15.1 Å². The third kappa shape index (κ3) is 5.08. The molecule has 1 amide bonds. The van der Waals surface area contributed by atoms with Crippen LogP contribution in [-0.2, 0) is 5.41 Å². The van der Waals surface area contributed by atoms with Crippen molar-refractivity contribution in [1.29, 1.82) is 0 Å². The van der Waals surface area contributed by atoms with Crippen molar-refractivity contribution in [2.75, 3.05) is 36.0 Å². The lowest BCUT2D eigenvalue weighted by Gasteiger charge is -2.26. The van der Waals surface area contributed by atoms with Gasteiger partial charge in [0.1, 0.15) is 5.82 Å². The van der Waals surface area contributed by atoms with E-state index >= 15 is 0 Å². The fourth-order valence-corrected chi connectivity index (χ4v) is 7.46. The number of aromatic nitrogens is 4. The molecule has 0 bridgehead atoms. The molecule has 3 aromatic heterocycles. The van der Waals surface area contributed by atoms with E-state index in [0.29, 0.717) is 11.5 Å². The van der Waals surface area contributed by atoms with Crippen LogP contribution in [0.3, 0.4) is 0 Å². The zero-order valence-electron chi connectivity index (χ0n) is 24.7. The Kier molecular flexibility index (Phi) is 6.59. The number of nitrogens with zero attached hydrogens (tertiary/aromatic N) is 6. The SMILES string of the molecule is Cc1cc(N2CCC(C)(c3ccccc3)C2)cn2nc(C(=O)NC3CCC4(CCN(c5cccc(C(=O)O)n5)C4)C3)nc12. The van der Waals surface area contributed by atoms with Gasteiger partial charge in [0.15, 0.2) is 11.3 Å². The lowest BCUT2D eigenvalue weighted by Crippen LogP contribution is -2.35. The molecule has 3 aliphatic rings. The Balaban J connectivity index is 1.01. The maximum absolute atomic E-state index is 13.3. The maximum atomic E-state index is 13.3. The van der Waals surface area contributed by atoms with Crippen LogP contribution in [0.25, 0.3) is 5.65 Å². The molecule has 1 spiro atoms. The van der Waals surface area contributed by atoms with Crippen molar-refractivity contribution < 1.29 is 14.7 Å². The number of rotatable bonds is 6. The van der Waals surface area contributed by atoms with Gasteiger partial charge >= 0.3 is 5.97 Å². The summed E-state index contributed by atoms with van der Waals surface area (Å²) in [5.41, 5.74) is 4.37. The van der Waals surface area contributed by atoms with E-state index in [0.717, 1.165) is 69.5 Å². The van der Waals surface area contributed by atoms with Crippen LogP contribution in [-0.4, -0.2) is 68.8 Å². The largest absolute Gasteiger partial charge is 0.477 e. The van der Waals surface area contributed by atoms with Crippen LogP contribution in [0.4, 0.5) is 11.5 Å². The minimum Gasteiger partial charge on any atom is -0.477 e. The molecule has 0 radical (unpaired) electrons. The molecule has 10 nitrogen and oxygen atoms in total. The van der Waals surface area contributed by atoms with E-state index < -0.39 is 5.97 Å². The predicted octanol–water partition coefficient (Wildman–Crippen LogP) is 4.48. The van der Waals surface area contributed by atoms with Gasteiger partial charge in [-0.15, -0.1) is 5.10 Å². The highest BCUT2D eigenvalue weighted by atomic mass is 16.4. The van der Waals surface area contributed by atoms with Crippen molar-refractivity contribution in [1.82, 2.24) is 24.9 Å². The summed E-state index contributed by atoms with van der Waals surface area (Å²) >= 11 is 0. The Morgan fingerprint density at radius 2 is 1.79 bits per heavy atom. The standard InChI is InChI=1S/C33H37N7O3/c1-22-17-25(38-15-13-32(2,20-38)23-7-4-3-5-8-23)19-40-29(22)36-28(37-40)30(41)34-24-11-12-33(18-24)14-16-39(21-33)27-10-6-9-26(35-27)31(42)43/h3-10,17,19,24H,11-16,18,20-21H2,1-2H3,(H,34,41)(H,42,43). The van der Waals surface area contributed by atoms with Crippen LogP contribution in [0.15, 0.2) is 60.8 Å². The van der Waals surface area contributed by atoms with Gasteiger partial charge in [-0.3, -0.25) is 4.79 Å². The predicted molar refractivity (Wildman–Crippen MR) is 164 cm³/mol. The van der Waals surface area contributed by atoms with E-state index in [9.17, 15) is 14.7 Å². The van der Waals surface area contributed by atoms with E-state index in [1.807, 2.05) is 19.2 Å². The van der Waals surface area contributed by atoms with Crippen LogP contribution >= 0.6 is 0 Å². The van der Waals surface area contributed by atoms with Gasteiger partial charge in [-0.25, -0.2) is 19.3 Å². The second-order valence-corrected chi connectivity index (χ2v) is 13.0. The number of nitrogens with one attached hydrogen (secondary N) is 1. The molecule has 7 rings (SSSR count). The van der Waals surface area contributed by atoms with Gasteiger partial charge in [0.05, 0.1) is 11.9 Å². The first-order chi connectivity index (χ1) is 20.7. The minimum atomic E-state index is -1.02. The summed E-state index contributed by atoms with van der Waals surface area (Å²) in [6, 6.07) is 18.0. The summed E-state index contributed by atoms with van der Waals surface area (Å²) in [5, 5.41) is 17.1. The van der Waals surface area contributed by atoms with E-state index in [1.165, 1.54) is 11.6 Å². The van der Waals surface area contributed by atoms with Crippen molar-refractivity contribution in [2.24, 2.45) is 5.41 Å². The number of benzene rings is 1. The quantitative estimate of drug-likeness (QED) is 0.344. The topological polar surface area (TPSA) is 116 Å². The fraction of sp³-hybridized carbons (Fsp3) is 0.424. The van der Waals surface area contributed by atoms with Gasteiger partial charge in [0, 0.05) is 37.6 Å². The summed E-state index contributed by atoms with van der Waals surface area (Å²) in [6.45, 7) is 7.87. The molecule has 43 heavy (non-hydrogen) atoms. The molecule has 3 fully saturated rings. The normalized spacial score (nSPS) is 25.2. The van der Waals surface area contributed by atoms with Crippen LogP contribution in [0.2, 0.25) is 0 Å². The van der Waals surface area contributed by atoms with Crippen LogP contribution in [0.1, 0.15) is 71.3 Å². The molecule has 1 aliphatic carbocycles. The molecule has 2 aliphatic heterocycles. The average Bonchev–Trinajstić information content (AvgIpc) is 3.81. The third-order valence-electron chi connectivity index (χ3n) is 9.87. The summed E-state index contributed by atoms with van der Waals surface area (Å²) in [6.07, 6.45) is 6.84. The number of aryl methyl sites for hydroxylation is 1. The molecule has 222 valence electrons. The number of aromatic carboxylic acids is 1. The Morgan fingerprint density at radius 3 is 2.60 bits per heavy atom. The summed E-state index contributed by atoms with van der Waals surface area (Å²) in [5.74, 6) is -0.366. The molecular formula is C33H37N7O3. The number of carboxylic acid groups (broad SMARTS) is 1. The Morgan fingerprint density at radius 1 is 0.977 bits per heavy atom. The van der Waals surface area contributed by atoms with E-state index in [-0.39, 0.29) is 34.3 Å². The summed E-state index contributed by atoms with van der Waals surface area (Å²) in [4.78, 5) is 38.2. The van der Waals surface area contributed by atoms with Crippen LogP contribution in [0.5, 0.6) is 0 Å². The number of hydrogen-bond donors (Lipinski definition) is 2. The van der Waals surface area contributed by atoms with Gasteiger partial charge in [0.25, 0.3) is 5.91 Å². The Hall–Kier alpha value is -4.47. The van der Waals surface area contributed by atoms with E-state index in [1.54, 1.807) is 10.6 Å². The number of carbonyl (C=O) groups excluding carboxylic acids is 1. The second kappa shape index (κ2) is 10.4. The van der Waals surface area contributed by atoms with Gasteiger partial charge in [-0.05, 0) is 73.8 Å². The van der Waals surface area contributed by atoms with Crippen molar-refractivity contribution in [3.63, 3.8) is 0 Å². The molecule has 5 heterocycles. The van der Waals surface area contributed by atoms with E-state index in [4.69, 9.17) is 0 Å². The molecule has 2 N–H and O–H groups in total. The van der Waals surface area contributed by atoms with Crippen LogP contribution in [0, 0.1) is 12.3 Å². The number of amides is 1. The Bertz CT molecular complexity index is 1710. The summed E-state index contributed by atoms with van der Waals surface area (Å²) < 4.78 is 1.75. The van der Waals surface area contributed by atoms with Gasteiger partial charge in [0.2, 0.25) is 5.82 Å². The summed E-state index contributed by atoms with van der Waals surface area (Å²) in [7, 11) is 0. The number of anilines is 2. The zero-order valence-corrected chi connectivity index (χ0v) is 24.7. The highest BCUT2D eigenvalue weighted by Gasteiger charge is 2.45. The monoisotopic (exact) mass is 579 g/mol. The fourth-order valence-electron chi connectivity index (χ4n) is 7.46. The first-order valence-corrected chi connectivity index (χ1v) is 15.1. The average molecular weight is 580 g/mol. The first kappa shape index (κ1) is 27.4. The number of carboxylic acids is 1. The van der Waals surface area contributed by atoms with Crippen molar-refractivity contribution in [2.45, 2.75) is 57.4 Å². The van der Waals surface area contributed by atoms with Crippen molar-refractivity contribution in [3.8, 4) is 0 Å². The molecule has 2 saturated heterocycles. The molecule has 10 heteroatoms. The number of carbonyl (C=O) groups is 2. The molecule has 4 aromatic rings. The van der Waals surface area contributed by atoms with Crippen molar-refractivity contribution in [3.05, 3.63) is 83.4 Å².